The number of nitriles is 1. The minimum absolute atomic E-state index is 0.212. The van der Waals surface area contributed by atoms with E-state index in [9.17, 15) is 10.4 Å². The molecule has 2 rings (SSSR count). The third-order valence-corrected chi connectivity index (χ3v) is 3.42. The second kappa shape index (κ2) is 5.85. The number of methoxy groups -OCH3 is 1. The molecule has 1 aliphatic rings. The first-order valence-electron chi connectivity index (χ1n) is 6.20. The third-order valence-electron chi connectivity index (χ3n) is 3.42. The van der Waals surface area contributed by atoms with Crippen molar-refractivity contribution in [2.75, 3.05) is 20.2 Å². The predicted molar refractivity (Wildman–Crippen MR) is 68.2 cm³/mol. The van der Waals surface area contributed by atoms with E-state index in [-0.39, 0.29) is 12.1 Å². The van der Waals surface area contributed by atoms with Gasteiger partial charge in [0.2, 0.25) is 0 Å². The molecule has 1 atom stereocenters. The van der Waals surface area contributed by atoms with E-state index in [1.165, 1.54) is 0 Å². The van der Waals surface area contributed by atoms with E-state index in [0.717, 1.165) is 37.2 Å². The Morgan fingerprint density at radius 1 is 1.33 bits per heavy atom. The standard InChI is InChI=1S/C14H18N2O2/c1-18-13-4-2-11(3-5-13)14(10-15)16-8-6-12(17)7-9-16/h2-5,12,14,17H,6-9H2,1H3/t14-/m1/s1. The van der Waals surface area contributed by atoms with Gasteiger partial charge in [-0.25, -0.2) is 0 Å². The highest BCUT2D eigenvalue weighted by molar-refractivity contribution is 5.31. The highest BCUT2D eigenvalue weighted by Crippen LogP contribution is 2.25. The second-order valence-corrected chi connectivity index (χ2v) is 4.57. The molecule has 0 spiro atoms. The number of piperidine rings is 1. The number of aliphatic hydroxyl groups is 1. The molecule has 1 N–H and O–H groups in total. The van der Waals surface area contributed by atoms with Crippen LogP contribution in [0.2, 0.25) is 0 Å². The van der Waals surface area contributed by atoms with E-state index in [1.54, 1.807) is 7.11 Å². The maximum Gasteiger partial charge on any atom is 0.123 e. The molecule has 0 aromatic heterocycles. The summed E-state index contributed by atoms with van der Waals surface area (Å²) >= 11 is 0. The molecule has 0 amide bonds. The summed E-state index contributed by atoms with van der Waals surface area (Å²) in [6.07, 6.45) is 1.28. The smallest absolute Gasteiger partial charge is 0.123 e. The Morgan fingerprint density at radius 3 is 2.44 bits per heavy atom. The van der Waals surface area contributed by atoms with Gasteiger partial charge in [0.1, 0.15) is 11.8 Å². The van der Waals surface area contributed by atoms with E-state index < -0.39 is 0 Å². The fourth-order valence-electron chi connectivity index (χ4n) is 2.30. The number of ether oxygens (including phenoxy) is 1. The van der Waals surface area contributed by atoms with Crippen LogP contribution in [0.4, 0.5) is 0 Å². The number of hydrogen-bond donors (Lipinski definition) is 1. The maximum absolute atomic E-state index is 9.49. The van der Waals surface area contributed by atoms with Crippen LogP contribution in [0, 0.1) is 11.3 Å². The van der Waals surface area contributed by atoms with Crippen LogP contribution >= 0.6 is 0 Å². The number of rotatable bonds is 3. The fourth-order valence-corrected chi connectivity index (χ4v) is 2.30. The van der Waals surface area contributed by atoms with E-state index in [2.05, 4.69) is 11.0 Å². The molecule has 18 heavy (non-hydrogen) atoms. The normalized spacial score (nSPS) is 19.2. The Morgan fingerprint density at radius 2 is 1.94 bits per heavy atom. The van der Waals surface area contributed by atoms with Gasteiger partial charge >= 0.3 is 0 Å². The van der Waals surface area contributed by atoms with Gasteiger partial charge in [0.05, 0.1) is 19.3 Å². The topological polar surface area (TPSA) is 56.5 Å². The van der Waals surface area contributed by atoms with Gasteiger partial charge in [-0.15, -0.1) is 0 Å². The molecule has 0 aliphatic carbocycles. The highest BCUT2D eigenvalue weighted by Gasteiger charge is 2.24. The van der Waals surface area contributed by atoms with Crippen LogP contribution < -0.4 is 4.74 Å². The Balaban J connectivity index is 2.10. The molecule has 1 aromatic carbocycles. The monoisotopic (exact) mass is 246 g/mol. The first-order valence-corrected chi connectivity index (χ1v) is 6.20. The molecule has 1 heterocycles. The van der Waals surface area contributed by atoms with E-state index in [1.807, 2.05) is 24.3 Å². The summed E-state index contributed by atoms with van der Waals surface area (Å²) in [7, 11) is 1.63. The summed E-state index contributed by atoms with van der Waals surface area (Å²) in [5.41, 5.74) is 0.981. The van der Waals surface area contributed by atoms with E-state index >= 15 is 0 Å². The number of hydrogen-bond acceptors (Lipinski definition) is 4. The average Bonchev–Trinajstić information content (AvgIpc) is 2.42. The SMILES string of the molecule is COc1ccc([C@@H](C#N)N2CCC(O)CC2)cc1. The molecule has 1 fully saturated rings. The first kappa shape index (κ1) is 12.9. The zero-order chi connectivity index (χ0) is 13.0. The number of likely N-dealkylation sites (tertiary alicyclic amines) is 1. The lowest BCUT2D eigenvalue weighted by molar-refractivity contribution is 0.0716. The maximum atomic E-state index is 9.49. The lowest BCUT2D eigenvalue weighted by Gasteiger charge is -2.32. The molecule has 4 nitrogen and oxygen atoms in total. The van der Waals surface area contributed by atoms with Crippen molar-refractivity contribution < 1.29 is 9.84 Å². The number of benzene rings is 1. The van der Waals surface area contributed by atoms with Crippen LogP contribution in [-0.4, -0.2) is 36.3 Å². The van der Waals surface area contributed by atoms with E-state index in [4.69, 9.17) is 4.74 Å². The van der Waals surface area contributed by atoms with Gasteiger partial charge in [0, 0.05) is 13.1 Å². The molecule has 1 saturated heterocycles. The van der Waals surface area contributed by atoms with Crippen LogP contribution in [0.5, 0.6) is 5.75 Å². The Hall–Kier alpha value is -1.57. The lowest BCUT2D eigenvalue weighted by Crippen LogP contribution is -2.38. The van der Waals surface area contributed by atoms with Crippen molar-refractivity contribution in [1.82, 2.24) is 4.90 Å². The molecule has 1 aliphatic heterocycles. The van der Waals surface area contributed by atoms with Gasteiger partial charge in [0.15, 0.2) is 0 Å². The van der Waals surface area contributed by atoms with Crippen LogP contribution in [0.15, 0.2) is 24.3 Å². The molecule has 0 saturated carbocycles. The van der Waals surface area contributed by atoms with E-state index in [0.29, 0.717) is 0 Å². The molecular formula is C14H18N2O2. The second-order valence-electron chi connectivity index (χ2n) is 4.57. The van der Waals surface area contributed by atoms with Crippen molar-refractivity contribution in [3.8, 4) is 11.8 Å². The largest absolute Gasteiger partial charge is 0.497 e. The molecule has 4 heteroatoms. The van der Waals surface area contributed by atoms with Crippen LogP contribution in [0.1, 0.15) is 24.4 Å². The van der Waals surface area contributed by atoms with Crippen molar-refractivity contribution in [1.29, 1.82) is 5.26 Å². The molecular weight excluding hydrogens is 228 g/mol. The zero-order valence-electron chi connectivity index (χ0n) is 10.5. The highest BCUT2D eigenvalue weighted by atomic mass is 16.5. The fraction of sp³-hybridized carbons (Fsp3) is 0.500. The molecule has 0 radical (unpaired) electrons. The zero-order valence-corrected chi connectivity index (χ0v) is 10.5. The van der Waals surface area contributed by atoms with Crippen molar-refractivity contribution in [3.63, 3.8) is 0 Å². The van der Waals surface area contributed by atoms with Gasteiger partial charge in [-0.2, -0.15) is 5.26 Å². The Kier molecular flexibility index (Phi) is 4.19. The Bertz CT molecular complexity index is 416. The summed E-state index contributed by atoms with van der Waals surface area (Å²) in [6, 6.07) is 9.71. The minimum atomic E-state index is -0.233. The van der Waals surface area contributed by atoms with Gasteiger partial charge < -0.3 is 9.84 Å². The summed E-state index contributed by atoms with van der Waals surface area (Å²) in [6.45, 7) is 1.54. The summed E-state index contributed by atoms with van der Waals surface area (Å²) < 4.78 is 5.11. The molecule has 0 bridgehead atoms. The quantitative estimate of drug-likeness (QED) is 0.882. The summed E-state index contributed by atoms with van der Waals surface area (Å²) in [4.78, 5) is 2.12. The van der Waals surface area contributed by atoms with Crippen molar-refractivity contribution in [2.45, 2.75) is 25.0 Å². The van der Waals surface area contributed by atoms with Crippen molar-refractivity contribution in [3.05, 3.63) is 29.8 Å². The molecule has 96 valence electrons. The van der Waals surface area contributed by atoms with Gasteiger partial charge in [-0.1, -0.05) is 12.1 Å². The van der Waals surface area contributed by atoms with Crippen LogP contribution in [0.25, 0.3) is 0 Å². The number of nitrogens with zero attached hydrogens (tertiary/aromatic N) is 2. The first-order chi connectivity index (χ1) is 8.74. The van der Waals surface area contributed by atoms with Gasteiger partial charge in [-0.05, 0) is 30.5 Å². The molecule has 1 aromatic rings. The van der Waals surface area contributed by atoms with Crippen molar-refractivity contribution in [2.24, 2.45) is 0 Å². The lowest BCUT2D eigenvalue weighted by atomic mass is 10.0. The number of aliphatic hydroxyl groups excluding tert-OH is 1. The van der Waals surface area contributed by atoms with Crippen LogP contribution in [0.3, 0.4) is 0 Å². The Labute approximate surface area is 107 Å². The summed E-state index contributed by atoms with van der Waals surface area (Å²) in [5, 5.41) is 18.8. The average molecular weight is 246 g/mol. The minimum Gasteiger partial charge on any atom is -0.497 e. The van der Waals surface area contributed by atoms with Gasteiger partial charge in [-0.3, -0.25) is 4.90 Å². The van der Waals surface area contributed by atoms with Crippen LogP contribution in [-0.2, 0) is 0 Å². The summed E-state index contributed by atoms with van der Waals surface area (Å²) in [5.74, 6) is 0.796. The molecule has 0 unspecified atom stereocenters. The predicted octanol–water partition coefficient (Wildman–Crippen LogP) is 1.72. The van der Waals surface area contributed by atoms with Crippen molar-refractivity contribution >= 4 is 0 Å². The third kappa shape index (κ3) is 2.81. The van der Waals surface area contributed by atoms with Gasteiger partial charge in [0.25, 0.3) is 0 Å².